The molecule has 1 saturated carbocycles. The fraction of sp³-hybridized carbons (Fsp3) is 0.308. The minimum absolute atomic E-state index is 0.000748. The quantitative estimate of drug-likeness (QED) is 0.317. The van der Waals surface area contributed by atoms with Gasteiger partial charge in [-0.05, 0) is 30.0 Å². The van der Waals surface area contributed by atoms with Crippen molar-refractivity contribution in [2.75, 3.05) is 13.7 Å². The van der Waals surface area contributed by atoms with Crippen LogP contribution in [0.1, 0.15) is 43.0 Å². The number of imidazole rings is 1. The number of benzene rings is 2. The van der Waals surface area contributed by atoms with Gasteiger partial charge in [0, 0.05) is 31.5 Å². The Kier molecular flexibility index (Phi) is 6.98. The number of aromatic nitrogens is 2. The highest BCUT2D eigenvalue weighted by Gasteiger charge is 2.32. The zero-order valence-corrected chi connectivity index (χ0v) is 18.6. The minimum atomic E-state index is -0.434. The van der Waals surface area contributed by atoms with E-state index in [-0.39, 0.29) is 35.9 Å². The number of hydrogen-bond donors (Lipinski definition) is 2. The van der Waals surface area contributed by atoms with Crippen LogP contribution in [0.2, 0.25) is 0 Å². The van der Waals surface area contributed by atoms with Gasteiger partial charge in [-0.3, -0.25) is 14.6 Å². The summed E-state index contributed by atoms with van der Waals surface area (Å²) in [7, 11) is 1.30. The molecule has 3 aromatic rings. The topological polar surface area (TPSA) is 105 Å². The summed E-state index contributed by atoms with van der Waals surface area (Å²) >= 11 is 0. The first-order valence-electron chi connectivity index (χ1n) is 11.1. The Bertz CT molecular complexity index is 1180. The van der Waals surface area contributed by atoms with Crippen LogP contribution in [0.5, 0.6) is 0 Å². The maximum atomic E-state index is 13.1. The lowest BCUT2D eigenvalue weighted by atomic mass is 9.78. The van der Waals surface area contributed by atoms with Crippen molar-refractivity contribution in [1.82, 2.24) is 9.97 Å². The molecule has 7 heteroatoms. The van der Waals surface area contributed by atoms with Crippen molar-refractivity contribution in [3.63, 3.8) is 0 Å². The number of hydrogen-bond acceptors (Lipinski definition) is 6. The van der Waals surface area contributed by atoms with Crippen LogP contribution in [0.15, 0.2) is 70.9 Å². The Morgan fingerprint density at radius 3 is 2.64 bits per heavy atom. The van der Waals surface area contributed by atoms with Gasteiger partial charge in [-0.15, -0.1) is 0 Å². The van der Waals surface area contributed by atoms with Gasteiger partial charge >= 0.3 is 5.97 Å². The number of para-hydroxylation sites is 2. The largest absolute Gasteiger partial charge is 0.511 e. The molecule has 0 aliphatic heterocycles. The summed E-state index contributed by atoms with van der Waals surface area (Å²) in [6, 6.07) is 17.7. The highest BCUT2D eigenvalue weighted by molar-refractivity contribution is 6.24. The third-order valence-corrected chi connectivity index (χ3v) is 5.88. The fourth-order valence-corrected chi connectivity index (χ4v) is 4.19. The highest BCUT2D eigenvalue weighted by atomic mass is 16.5. The van der Waals surface area contributed by atoms with Crippen molar-refractivity contribution >= 4 is 28.5 Å². The van der Waals surface area contributed by atoms with E-state index in [2.05, 4.69) is 14.7 Å². The first-order valence-corrected chi connectivity index (χ1v) is 11.1. The molecule has 0 radical (unpaired) electrons. The number of carbonyl (C=O) groups excluding carboxylic acids is 2. The average molecular weight is 446 g/mol. The molecular formula is C26H27N3O4. The Balaban J connectivity index is 1.57. The number of allylic oxidation sites excluding steroid dienone is 2. The normalized spacial score (nSPS) is 19.1. The zero-order chi connectivity index (χ0) is 23.2. The van der Waals surface area contributed by atoms with E-state index in [0.717, 1.165) is 22.4 Å². The molecule has 7 nitrogen and oxygen atoms in total. The number of carbonyl (C=O) groups is 2. The number of ketones is 1. The number of nitrogens with zero attached hydrogens (tertiary/aromatic N) is 2. The molecule has 1 atom stereocenters. The summed E-state index contributed by atoms with van der Waals surface area (Å²) in [5, 5.41) is 10.7. The molecule has 1 heterocycles. The lowest BCUT2D eigenvalue weighted by molar-refractivity contribution is -0.140. The highest BCUT2D eigenvalue weighted by Crippen LogP contribution is 2.33. The van der Waals surface area contributed by atoms with E-state index in [9.17, 15) is 14.7 Å². The maximum Gasteiger partial charge on any atom is 0.305 e. The summed E-state index contributed by atoms with van der Waals surface area (Å²) < 4.78 is 4.66. The predicted octanol–water partition coefficient (Wildman–Crippen LogP) is 4.46. The Morgan fingerprint density at radius 2 is 1.88 bits per heavy atom. The second-order valence-electron chi connectivity index (χ2n) is 8.12. The third-order valence-electron chi connectivity index (χ3n) is 5.88. The van der Waals surface area contributed by atoms with E-state index in [1.165, 1.54) is 7.11 Å². The van der Waals surface area contributed by atoms with Crippen LogP contribution < -0.4 is 0 Å². The number of nitrogens with one attached hydrogen (secondary N) is 1. The molecule has 2 N–H and O–H groups in total. The number of esters is 1. The third kappa shape index (κ3) is 5.37. The summed E-state index contributed by atoms with van der Waals surface area (Å²) in [4.78, 5) is 37.2. The molecular weight excluding hydrogens is 418 g/mol. The first-order chi connectivity index (χ1) is 16.0. The second kappa shape index (κ2) is 10.3. The first kappa shape index (κ1) is 22.5. The number of aliphatic imine (C=N–C) groups is 1. The monoisotopic (exact) mass is 445 g/mol. The molecule has 0 amide bonds. The standard InChI is InChI=1S/C26H27N3O4/c1-33-25(32)12-11-22(30)26-21(15-18(16-23(26)31)17-7-3-2-4-8-17)27-14-13-24-28-19-9-5-6-10-20(19)29-24/h2-10,18,30H,11-16H2,1H3,(H,28,29)/t18-/m1/s1. The van der Waals surface area contributed by atoms with Crippen LogP contribution in [0.3, 0.4) is 0 Å². The number of aliphatic hydroxyl groups is 1. The number of rotatable bonds is 7. The summed E-state index contributed by atoms with van der Waals surface area (Å²) in [5.41, 5.74) is 3.77. The number of fused-ring (bicyclic) bond motifs is 1. The fourth-order valence-electron chi connectivity index (χ4n) is 4.19. The van der Waals surface area contributed by atoms with Gasteiger partial charge in [0.05, 0.1) is 30.1 Å². The van der Waals surface area contributed by atoms with Gasteiger partial charge in [0.15, 0.2) is 5.78 Å². The molecule has 4 rings (SSSR count). The molecule has 0 bridgehead atoms. The molecule has 2 aromatic carbocycles. The van der Waals surface area contributed by atoms with Gasteiger partial charge in [-0.1, -0.05) is 42.5 Å². The second-order valence-corrected chi connectivity index (χ2v) is 8.12. The van der Waals surface area contributed by atoms with Gasteiger partial charge in [-0.25, -0.2) is 4.98 Å². The van der Waals surface area contributed by atoms with Gasteiger partial charge < -0.3 is 14.8 Å². The predicted molar refractivity (Wildman–Crippen MR) is 126 cm³/mol. The van der Waals surface area contributed by atoms with E-state index in [1.807, 2.05) is 54.6 Å². The van der Waals surface area contributed by atoms with Crippen molar-refractivity contribution in [3.8, 4) is 0 Å². The van der Waals surface area contributed by atoms with Gasteiger partial charge in [0.2, 0.25) is 0 Å². The van der Waals surface area contributed by atoms with Gasteiger partial charge in [-0.2, -0.15) is 0 Å². The van der Waals surface area contributed by atoms with E-state index < -0.39 is 5.97 Å². The molecule has 0 spiro atoms. The molecule has 33 heavy (non-hydrogen) atoms. The van der Waals surface area contributed by atoms with E-state index >= 15 is 0 Å². The van der Waals surface area contributed by atoms with Crippen LogP contribution in [-0.2, 0) is 20.7 Å². The van der Waals surface area contributed by atoms with Crippen molar-refractivity contribution in [2.45, 2.75) is 38.0 Å². The van der Waals surface area contributed by atoms with E-state index in [4.69, 9.17) is 4.99 Å². The van der Waals surface area contributed by atoms with Crippen molar-refractivity contribution in [3.05, 3.63) is 77.3 Å². The summed E-state index contributed by atoms with van der Waals surface area (Å²) in [6.45, 7) is 0.428. The molecule has 0 saturated heterocycles. The van der Waals surface area contributed by atoms with Crippen LogP contribution in [0.25, 0.3) is 11.0 Å². The molecule has 1 aromatic heterocycles. The van der Waals surface area contributed by atoms with Crippen LogP contribution >= 0.6 is 0 Å². The minimum Gasteiger partial charge on any atom is -0.511 e. The number of Topliss-reactive ketones (excluding diaryl/α,β-unsaturated/α-hetero) is 1. The number of aliphatic hydroxyl groups excluding tert-OH is 1. The van der Waals surface area contributed by atoms with Crippen LogP contribution in [-0.4, -0.2) is 46.2 Å². The molecule has 170 valence electrons. The number of aromatic amines is 1. The lowest BCUT2D eigenvalue weighted by Crippen LogP contribution is -2.27. The van der Waals surface area contributed by atoms with Crippen molar-refractivity contribution < 1.29 is 19.4 Å². The Hall–Kier alpha value is -3.74. The Morgan fingerprint density at radius 1 is 1.12 bits per heavy atom. The Labute approximate surface area is 192 Å². The molecule has 1 aliphatic carbocycles. The smallest absolute Gasteiger partial charge is 0.305 e. The maximum absolute atomic E-state index is 13.1. The molecule has 1 aliphatic rings. The van der Waals surface area contributed by atoms with E-state index in [1.54, 1.807) is 0 Å². The number of H-pyrrole nitrogens is 1. The van der Waals surface area contributed by atoms with Crippen molar-refractivity contribution in [1.29, 1.82) is 0 Å². The summed E-state index contributed by atoms with van der Waals surface area (Å²) in [5.74, 6) is 0.138. The van der Waals surface area contributed by atoms with Crippen LogP contribution in [0, 0.1) is 0 Å². The molecule has 1 fully saturated rings. The number of ether oxygens (including phenoxy) is 1. The van der Waals surface area contributed by atoms with Gasteiger partial charge in [0.1, 0.15) is 11.6 Å². The lowest BCUT2D eigenvalue weighted by Gasteiger charge is -2.26. The summed E-state index contributed by atoms with van der Waals surface area (Å²) in [6.07, 6.45) is 1.48. The zero-order valence-electron chi connectivity index (χ0n) is 18.6. The SMILES string of the molecule is COC(=O)CCC(O)=C1C(=O)C[C@H](c2ccccc2)CC1=NCCc1nc2ccccc2[nH]1. The van der Waals surface area contributed by atoms with Crippen LogP contribution in [0.4, 0.5) is 0 Å². The molecule has 0 unspecified atom stereocenters. The number of methoxy groups -OCH3 is 1. The van der Waals surface area contributed by atoms with Crippen molar-refractivity contribution in [2.24, 2.45) is 4.99 Å². The average Bonchev–Trinajstić information content (AvgIpc) is 3.25. The van der Waals surface area contributed by atoms with E-state index in [0.29, 0.717) is 31.5 Å². The van der Waals surface area contributed by atoms with Gasteiger partial charge in [0.25, 0.3) is 0 Å².